The Hall–Kier alpha value is -3.16. The molecule has 1 saturated carbocycles. The maximum Gasteiger partial charge on any atom is 0.416 e. The number of alkyl halides is 3. The van der Waals surface area contributed by atoms with Gasteiger partial charge in [-0.1, -0.05) is 12.1 Å². The third-order valence-corrected chi connectivity index (χ3v) is 4.65. The molecule has 1 aliphatic rings. The number of carbonyl (C=O) groups is 1. The van der Waals surface area contributed by atoms with Crippen LogP contribution in [0.25, 0.3) is 5.82 Å². The van der Waals surface area contributed by atoms with Gasteiger partial charge < -0.3 is 4.90 Å². The standard InChI is InChI=1S/C20H17F3N4O/c21-20(22,23)16-4-1-14(2-5-16)12-27(17-6-7-17)19(28)15-3-8-18(25-11-15)26-10-9-24-13-26/h1-5,8-11,13,17H,6-7,12H2. The fraction of sp³-hybridized carbons (Fsp3) is 0.250. The van der Waals surface area contributed by atoms with Crippen molar-refractivity contribution in [2.75, 3.05) is 0 Å². The topological polar surface area (TPSA) is 51.0 Å². The highest BCUT2D eigenvalue weighted by Crippen LogP contribution is 2.32. The summed E-state index contributed by atoms with van der Waals surface area (Å²) < 4.78 is 39.9. The van der Waals surface area contributed by atoms with E-state index in [0.717, 1.165) is 25.0 Å². The summed E-state index contributed by atoms with van der Waals surface area (Å²) in [6, 6.07) is 8.49. The van der Waals surface area contributed by atoms with Crippen LogP contribution in [-0.4, -0.2) is 31.4 Å². The van der Waals surface area contributed by atoms with Crippen LogP contribution in [0.5, 0.6) is 0 Å². The Morgan fingerprint density at radius 3 is 2.43 bits per heavy atom. The predicted octanol–water partition coefficient (Wildman–Crippen LogP) is 4.09. The average Bonchev–Trinajstić information content (AvgIpc) is 3.38. The van der Waals surface area contributed by atoms with E-state index in [2.05, 4.69) is 9.97 Å². The van der Waals surface area contributed by atoms with Gasteiger partial charge in [-0.2, -0.15) is 13.2 Å². The Morgan fingerprint density at radius 1 is 1.14 bits per heavy atom. The summed E-state index contributed by atoms with van der Waals surface area (Å²) in [6.45, 7) is 0.269. The van der Waals surface area contributed by atoms with Crippen LogP contribution in [0.2, 0.25) is 0 Å². The Bertz CT molecular complexity index is 947. The van der Waals surface area contributed by atoms with Crippen molar-refractivity contribution in [1.29, 1.82) is 0 Å². The van der Waals surface area contributed by atoms with Crippen LogP contribution in [0.1, 0.15) is 34.3 Å². The van der Waals surface area contributed by atoms with E-state index in [1.165, 1.54) is 18.3 Å². The third kappa shape index (κ3) is 3.90. The van der Waals surface area contributed by atoms with Crippen molar-refractivity contribution in [3.8, 4) is 5.82 Å². The molecule has 1 aromatic carbocycles. The summed E-state index contributed by atoms with van der Waals surface area (Å²) in [6.07, 6.45) is 3.95. The van der Waals surface area contributed by atoms with Gasteiger partial charge in [-0.05, 0) is 42.7 Å². The molecule has 28 heavy (non-hydrogen) atoms. The Kier molecular flexibility index (Phi) is 4.62. The lowest BCUT2D eigenvalue weighted by Gasteiger charge is -2.23. The van der Waals surface area contributed by atoms with E-state index in [1.54, 1.807) is 40.3 Å². The SMILES string of the molecule is O=C(c1ccc(-n2ccnc2)nc1)N(Cc1ccc(C(F)(F)F)cc1)C1CC1. The molecule has 0 radical (unpaired) electrons. The first-order valence-electron chi connectivity index (χ1n) is 8.83. The lowest BCUT2D eigenvalue weighted by atomic mass is 10.1. The summed E-state index contributed by atoms with van der Waals surface area (Å²) in [5, 5.41) is 0. The highest BCUT2D eigenvalue weighted by molar-refractivity contribution is 5.94. The molecule has 1 amide bonds. The molecule has 1 aliphatic carbocycles. The molecule has 1 fully saturated rings. The molecule has 4 rings (SSSR count). The molecule has 0 saturated heterocycles. The molecular weight excluding hydrogens is 369 g/mol. The van der Waals surface area contributed by atoms with Gasteiger partial charge in [0.05, 0.1) is 11.1 Å². The molecule has 0 bridgehead atoms. The van der Waals surface area contributed by atoms with Crippen LogP contribution in [0.4, 0.5) is 13.2 Å². The Morgan fingerprint density at radius 2 is 1.89 bits per heavy atom. The molecule has 2 heterocycles. The van der Waals surface area contributed by atoms with Gasteiger partial charge in [0.2, 0.25) is 0 Å². The second kappa shape index (κ2) is 7.10. The van der Waals surface area contributed by atoms with E-state index in [9.17, 15) is 18.0 Å². The van der Waals surface area contributed by atoms with E-state index >= 15 is 0 Å². The van der Waals surface area contributed by atoms with Gasteiger partial charge in [0.1, 0.15) is 12.1 Å². The molecule has 144 valence electrons. The minimum absolute atomic E-state index is 0.114. The minimum atomic E-state index is -4.37. The van der Waals surface area contributed by atoms with Gasteiger partial charge in [0, 0.05) is 31.2 Å². The number of carbonyl (C=O) groups excluding carboxylic acids is 1. The van der Waals surface area contributed by atoms with Gasteiger partial charge in [0.15, 0.2) is 0 Å². The zero-order valence-electron chi connectivity index (χ0n) is 14.8. The smallest absolute Gasteiger partial charge is 0.331 e. The molecular formula is C20H17F3N4O. The van der Waals surface area contributed by atoms with Gasteiger partial charge >= 0.3 is 6.18 Å². The van der Waals surface area contributed by atoms with E-state index in [0.29, 0.717) is 16.9 Å². The summed E-state index contributed by atoms with van der Waals surface area (Å²) in [5.74, 6) is 0.474. The molecule has 0 unspecified atom stereocenters. The lowest BCUT2D eigenvalue weighted by molar-refractivity contribution is -0.137. The molecule has 0 spiro atoms. The van der Waals surface area contributed by atoms with E-state index in [1.807, 2.05) is 0 Å². The maximum absolute atomic E-state index is 12.9. The van der Waals surface area contributed by atoms with E-state index in [-0.39, 0.29) is 18.5 Å². The largest absolute Gasteiger partial charge is 0.416 e. The van der Waals surface area contributed by atoms with Crippen molar-refractivity contribution in [1.82, 2.24) is 19.4 Å². The predicted molar refractivity (Wildman–Crippen MR) is 95.7 cm³/mol. The molecule has 0 atom stereocenters. The lowest BCUT2D eigenvalue weighted by Crippen LogP contribution is -2.32. The number of hydrogen-bond donors (Lipinski definition) is 0. The van der Waals surface area contributed by atoms with Crippen LogP contribution >= 0.6 is 0 Å². The van der Waals surface area contributed by atoms with Crippen molar-refractivity contribution in [3.63, 3.8) is 0 Å². The third-order valence-electron chi connectivity index (χ3n) is 4.65. The first-order valence-corrected chi connectivity index (χ1v) is 8.83. The van der Waals surface area contributed by atoms with Crippen LogP contribution < -0.4 is 0 Å². The number of halogens is 3. The van der Waals surface area contributed by atoms with Crippen LogP contribution in [0.15, 0.2) is 61.3 Å². The highest BCUT2D eigenvalue weighted by atomic mass is 19.4. The summed E-state index contributed by atoms with van der Waals surface area (Å²) in [7, 11) is 0. The molecule has 0 aliphatic heterocycles. The normalized spacial score (nSPS) is 14.1. The van der Waals surface area contributed by atoms with Crippen molar-refractivity contribution in [2.45, 2.75) is 31.6 Å². The second-order valence-electron chi connectivity index (χ2n) is 6.73. The van der Waals surface area contributed by atoms with E-state index < -0.39 is 11.7 Å². The number of pyridine rings is 1. The van der Waals surface area contributed by atoms with Crippen LogP contribution in [-0.2, 0) is 12.7 Å². The number of aromatic nitrogens is 3. The number of imidazole rings is 1. The van der Waals surface area contributed by atoms with Crippen molar-refractivity contribution in [3.05, 3.63) is 78.0 Å². The van der Waals surface area contributed by atoms with Gasteiger partial charge in [0.25, 0.3) is 5.91 Å². The van der Waals surface area contributed by atoms with Gasteiger partial charge in [-0.25, -0.2) is 9.97 Å². The summed E-state index contributed by atoms with van der Waals surface area (Å²) in [4.78, 5) is 22.9. The van der Waals surface area contributed by atoms with Crippen molar-refractivity contribution >= 4 is 5.91 Å². The van der Waals surface area contributed by atoms with Crippen LogP contribution in [0, 0.1) is 0 Å². The van der Waals surface area contributed by atoms with Crippen LogP contribution in [0.3, 0.4) is 0 Å². The average molecular weight is 386 g/mol. The number of benzene rings is 1. The first kappa shape index (κ1) is 18.2. The fourth-order valence-corrected chi connectivity index (χ4v) is 2.97. The van der Waals surface area contributed by atoms with Gasteiger partial charge in [-0.15, -0.1) is 0 Å². The molecule has 2 aromatic heterocycles. The Balaban J connectivity index is 1.51. The molecule has 3 aromatic rings. The quantitative estimate of drug-likeness (QED) is 0.664. The first-order chi connectivity index (χ1) is 13.4. The zero-order chi connectivity index (χ0) is 19.7. The monoisotopic (exact) mass is 386 g/mol. The van der Waals surface area contributed by atoms with Crippen molar-refractivity contribution in [2.24, 2.45) is 0 Å². The Labute approximate surface area is 159 Å². The van der Waals surface area contributed by atoms with E-state index in [4.69, 9.17) is 0 Å². The molecule has 5 nitrogen and oxygen atoms in total. The van der Waals surface area contributed by atoms with Gasteiger partial charge in [-0.3, -0.25) is 9.36 Å². The maximum atomic E-state index is 12.9. The minimum Gasteiger partial charge on any atom is -0.331 e. The highest BCUT2D eigenvalue weighted by Gasteiger charge is 2.34. The molecule has 8 heteroatoms. The number of hydrogen-bond acceptors (Lipinski definition) is 3. The zero-order valence-corrected chi connectivity index (χ0v) is 14.8. The van der Waals surface area contributed by atoms with Crippen molar-refractivity contribution < 1.29 is 18.0 Å². The number of nitrogens with zero attached hydrogens (tertiary/aromatic N) is 4. The number of amides is 1. The summed E-state index contributed by atoms with van der Waals surface area (Å²) in [5.41, 5.74) is 0.416. The number of rotatable bonds is 5. The fourth-order valence-electron chi connectivity index (χ4n) is 2.97. The summed E-state index contributed by atoms with van der Waals surface area (Å²) >= 11 is 0. The second-order valence-corrected chi connectivity index (χ2v) is 6.73. The molecule has 0 N–H and O–H groups in total.